The van der Waals surface area contributed by atoms with E-state index in [0.29, 0.717) is 5.39 Å². The van der Waals surface area contributed by atoms with Crippen LogP contribution in [0.1, 0.15) is 64.1 Å². The molecule has 2 fully saturated rings. The Balaban J connectivity index is 1.42. The second-order valence-corrected chi connectivity index (χ2v) is 14.6. The minimum atomic E-state index is -1.01. The normalized spacial score (nSPS) is 20.8. The lowest BCUT2D eigenvalue weighted by Crippen LogP contribution is -2.51. The molecule has 0 bridgehead atoms. The monoisotopic (exact) mass is 730 g/mol. The lowest BCUT2D eigenvalue weighted by Gasteiger charge is -2.39. The molecule has 1 saturated carbocycles. The van der Waals surface area contributed by atoms with Crippen molar-refractivity contribution >= 4 is 40.2 Å². The van der Waals surface area contributed by atoms with Gasteiger partial charge in [-0.2, -0.15) is 9.97 Å². The Kier molecular flexibility index (Phi) is 10.3. The highest BCUT2D eigenvalue weighted by Crippen LogP contribution is 2.42. The molecule has 1 aromatic heterocycles. The number of rotatable bonds is 11. The number of likely N-dealkylation sites (tertiary alicyclic amines) is 1. The summed E-state index contributed by atoms with van der Waals surface area (Å²) < 4.78 is 47.2. The predicted molar refractivity (Wildman–Crippen MR) is 195 cm³/mol. The van der Waals surface area contributed by atoms with Crippen molar-refractivity contribution in [2.45, 2.75) is 76.7 Å². The second kappa shape index (κ2) is 14.6. The molecule has 1 N–H and O–H groups in total. The number of carbonyl (C=O) groups excluding carboxylic acids is 3. The van der Waals surface area contributed by atoms with Crippen LogP contribution in [0.15, 0.2) is 36.9 Å². The molecule has 2 amide bonds. The maximum Gasteiger partial charge on any atom is 0.420 e. The molecular weight excluding hydrogens is 686 g/mol. The molecule has 0 spiro atoms. The lowest BCUT2D eigenvalue weighted by molar-refractivity contribution is -0.137. The van der Waals surface area contributed by atoms with Crippen LogP contribution in [-0.2, 0) is 16.1 Å². The summed E-state index contributed by atoms with van der Waals surface area (Å²) in [4.78, 5) is 53.4. The molecule has 2 atom stereocenters. The van der Waals surface area contributed by atoms with Crippen LogP contribution in [0.4, 0.5) is 25.1 Å². The van der Waals surface area contributed by atoms with Gasteiger partial charge in [-0.15, -0.1) is 6.42 Å². The summed E-state index contributed by atoms with van der Waals surface area (Å²) >= 11 is 0. The molecule has 0 unspecified atom stereocenters. The van der Waals surface area contributed by atoms with Gasteiger partial charge in [0.25, 0.3) is 0 Å². The molecule has 1 aliphatic carbocycles. The minimum absolute atomic E-state index is 0.0445. The van der Waals surface area contributed by atoms with E-state index < -0.39 is 41.0 Å². The molecule has 53 heavy (non-hydrogen) atoms. The van der Waals surface area contributed by atoms with E-state index in [9.17, 15) is 18.8 Å². The van der Waals surface area contributed by atoms with Gasteiger partial charge in [0.05, 0.1) is 34.8 Å². The molecule has 3 aliphatic rings. The summed E-state index contributed by atoms with van der Waals surface area (Å²) in [7, 11) is 3.56. The van der Waals surface area contributed by atoms with Gasteiger partial charge in [-0.3, -0.25) is 19.4 Å². The van der Waals surface area contributed by atoms with Gasteiger partial charge in [-0.05, 0) is 50.4 Å². The third-order valence-electron chi connectivity index (χ3n) is 10.7. The first-order valence-corrected chi connectivity index (χ1v) is 17.7. The second-order valence-electron chi connectivity index (χ2n) is 14.6. The van der Waals surface area contributed by atoms with Crippen LogP contribution in [0.25, 0.3) is 10.8 Å². The number of ether oxygens (including phenoxy) is 3. The number of aromatic nitrogens is 2. The number of nitrogens with zero attached hydrogens (tertiary/aromatic N) is 5. The number of likely N-dealkylation sites (N-methyl/N-ethyl adjacent to an activating group) is 2. The van der Waals surface area contributed by atoms with E-state index in [2.05, 4.69) is 27.8 Å². The van der Waals surface area contributed by atoms with Gasteiger partial charge in [0.15, 0.2) is 11.6 Å². The van der Waals surface area contributed by atoms with E-state index in [0.717, 1.165) is 25.7 Å². The van der Waals surface area contributed by atoms with Gasteiger partial charge in [0.2, 0.25) is 5.91 Å². The van der Waals surface area contributed by atoms with Crippen LogP contribution in [0.3, 0.4) is 0 Å². The number of hydrogen-bond donors (Lipinski definition) is 1. The fourth-order valence-electron chi connectivity index (χ4n) is 7.34. The van der Waals surface area contributed by atoms with Gasteiger partial charge in [0.1, 0.15) is 30.0 Å². The Morgan fingerprint density at radius 2 is 2.00 bits per heavy atom. The molecular formula is C39H44F2N6O6. The highest BCUT2D eigenvalue weighted by atomic mass is 19.1. The molecule has 6 rings (SSSR count). The standard InChI is InChI=1S/C39H44F2N6O6/c1-8-27-28(41)13-12-24-16-26(52-35(49)23(3)4)17-30(32(24)27)47-20-29-33(53-37(47)50)34(42-21-39(14-10-11-15-39)46(7)31(48)9-2)44-36(43-29)51-22-38(5)18-25(40)19-45(38)6/h1,9,12-13,16-17,23,25H,2,10-11,14-15,18-22H2,3-7H3,(H,42,43,44)/t25-,38+/m1/s1. The van der Waals surface area contributed by atoms with E-state index in [1.54, 1.807) is 31.9 Å². The summed E-state index contributed by atoms with van der Waals surface area (Å²) in [6, 6.07) is 5.63. The third kappa shape index (κ3) is 7.22. The zero-order chi connectivity index (χ0) is 38.2. The van der Waals surface area contributed by atoms with Crippen LogP contribution in [0.2, 0.25) is 0 Å². The highest BCUT2D eigenvalue weighted by molar-refractivity contribution is 6.06. The molecule has 2 aromatic carbocycles. The van der Waals surface area contributed by atoms with E-state index in [-0.39, 0.29) is 84.2 Å². The number of anilines is 2. The summed E-state index contributed by atoms with van der Waals surface area (Å²) in [6.07, 6.45) is 8.74. The fourth-order valence-corrected chi connectivity index (χ4v) is 7.34. The number of halogens is 2. The first-order chi connectivity index (χ1) is 25.2. The number of benzene rings is 2. The van der Waals surface area contributed by atoms with E-state index >= 15 is 4.39 Å². The van der Waals surface area contributed by atoms with Gasteiger partial charge in [0, 0.05) is 38.0 Å². The third-order valence-corrected chi connectivity index (χ3v) is 10.7. The van der Waals surface area contributed by atoms with Crippen molar-refractivity contribution < 1.29 is 37.4 Å². The highest BCUT2D eigenvalue weighted by Gasteiger charge is 2.42. The van der Waals surface area contributed by atoms with Gasteiger partial charge >= 0.3 is 18.1 Å². The van der Waals surface area contributed by atoms with Crippen LogP contribution in [0.5, 0.6) is 17.5 Å². The van der Waals surface area contributed by atoms with E-state index in [1.165, 1.54) is 29.2 Å². The summed E-state index contributed by atoms with van der Waals surface area (Å²) in [6.45, 7) is 9.34. The molecule has 3 heterocycles. The predicted octanol–water partition coefficient (Wildman–Crippen LogP) is 6.01. The molecule has 1 saturated heterocycles. The first-order valence-electron chi connectivity index (χ1n) is 17.7. The van der Waals surface area contributed by atoms with Crippen molar-refractivity contribution in [3.05, 3.63) is 54.0 Å². The Morgan fingerprint density at radius 3 is 2.64 bits per heavy atom. The first kappa shape index (κ1) is 37.5. The Labute approximate surface area is 307 Å². The Bertz CT molecular complexity index is 2010. The van der Waals surface area contributed by atoms with Gasteiger partial charge in [-0.1, -0.05) is 45.3 Å². The number of nitrogens with one attached hydrogen (secondary N) is 1. The van der Waals surface area contributed by atoms with Crippen LogP contribution in [-0.4, -0.2) is 88.8 Å². The average Bonchev–Trinajstić information content (AvgIpc) is 3.71. The van der Waals surface area contributed by atoms with Crippen LogP contribution in [0, 0.1) is 24.1 Å². The maximum atomic E-state index is 15.1. The topological polar surface area (TPSA) is 126 Å². The Morgan fingerprint density at radius 1 is 1.26 bits per heavy atom. The van der Waals surface area contributed by atoms with Crippen molar-refractivity contribution in [1.29, 1.82) is 0 Å². The SMILES string of the molecule is C#Cc1c(F)ccc2cc(OC(=O)C(C)C)cc(N3Cc4nc(OC[C@]5(C)C[C@@H](F)CN5C)nc(NCC5(N(C)C(=O)C=C)CCCC5)c4OC3=O)c12. The molecule has 12 nitrogen and oxygen atoms in total. The number of alkyl halides is 1. The van der Waals surface area contributed by atoms with Crippen molar-refractivity contribution in [2.75, 3.05) is 44.0 Å². The molecule has 280 valence electrons. The largest absolute Gasteiger partial charge is 0.461 e. The molecule has 0 radical (unpaired) electrons. The van der Waals surface area contributed by atoms with Crippen LogP contribution < -0.4 is 24.4 Å². The number of esters is 1. The number of hydrogen-bond acceptors (Lipinski definition) is 10. The van der Waals surface area contributed by atoms with Crippen LogP contribution >= 0.6 is 0 Å². The van der Waals surface area contributed by atoms with E-state index in [4.69, 9.17) is 20.6 Å². The average molecular weight is 731 g/mol. The smallest absolute Gasteiger partial charge is 0.420 e. The fraction of sp³-hybridized carbons (Fsp3) is 0.462. The summed E-state index contributed by atoms with van der Waals surface area (Å²) in [5, 5.41) is 3.98. The van der Waals surface area contributed by atoms with Crippen molar-refractivity contribution in [3.8, 4) is 29.9 Å². The number of carbonyl (C=O) groups is 3. The quantitative estimate of drug-likeness (QED) is 0.109. The maximum absolute atomic E-state index is 15.1. The van der Waals surface area contributed by atoms with Crippen molar-refractivity contribution in [2.24, 2.45) is 5.92 Å². The number of amides is 2. The summed E-state index contributed by atoms with van der Waals surface area (Å²) in [5.74, 6) is 0.868. The summed E-state index contributed by atoms with van der Waals surface area (Å²) in [5.41, 5.74) is -0.899. The van der Waals surface area contributed by atoms with Crippen molar-refractivity contribution in [1.82, 2.24) is 19.8 Å². The zero-order valence-electron chi connectivity index (χ0n) is 30.6. The zero-order valence-corrected chi connectivity index (χ0v) is 30.6. The van der Waals surface area contributed by atoms with Gasteiger partial charge < -0.3 is 24.4 Å². The molecule has 14 heteroatoms. The Hall–Kier alpha value is -5.29. The number of terminal acetylenes is 1. The van der Waals surface area contributed by atoms with Crippen molar-refractivity contribution in [3.63, 3.8) is 0 Å². The minimum Gasteiger partial charge on any atom is -0.461 e. The van der Waals surface area contributed by atoms with Gasteiger partial charge in [-0.25, -0.2) is 13.6 Å². The molecule has 3 aromatic rings. The van der Waals surface area contributed by atoms with E-state index in [1.807, 2.05) is 18.9 Å². The number of fused-ring (bicyclic) bond motifs is 2. The lowest BCUT2D eigenvalue weighted by atomic mass is 9.95. The molecule has 2 aliphatic heterocycles.